The number of anilines is 1. The van der Waals surface area contributed by atoms with Crippen LogP contribution in [0, 0.1) is 17.5 Å². The molecule has 14 heteroatoms. The van der Waals surface area contributed by atoms with E-state index < -0.39 is 52.9 Å². The van der Waals surface area contributed by atoms with Crippen LogP contribution in [0.3, 0.4) is 0 Å². The first-order chi connectivity index (χ1) is 26.4. The lowest BCUT2D eigenvalue weighted by Crippen LogP contribution is -2.36. The molecular weight excluding hydrogens is 729 g/mol. The topological polar surface area (TPSA) is 120 Å². The Labute approximate surface area is 323 Å². The number of halogens is 3. The largest absolute Gasteiger partial charge is 0.488 e. The molecule has 296 valence electrons. The Bertz CT molecular complexity index is 2100. The number of amides is 3. The van der Waals surface area contributed by atoms with Crippen molar-refractivity contribution in [2.75, 3.05) is 31.5 Å². The summed E-state index contributed by atoms with van der Waals surface area (Å²) in [4.78, 5) is 46.6. The van der Waals surface area contributed by atoms with Crippen LogP contribution in [-0.2, 0) is 9.47 Å². The van der Waals surface area contributed by atoms with Gasteiger partial charge in [0, 0.05) is 48.9 Å². The Morgan fingerprint density at radius 2 is 1.29 bits per heavy atom. The van der Waals surface area contributed by atoms with Crippen LogP contribution in [0.1, 0.15) is 64.7 Å². The summed E-state index contributed by atoms with van der Waals surface area (Å²) in [6, 6.07) is 15.7. The van der Waals surface area contributed by atoms with Crippen molar-refractivity contribution in [3.8, 4) is 33.9 Å². The maximum absolute atomic E-state index is 14.5. The molecule has 56 heavy (non-hydrogen) atoms. The molecule has 0 saturated carbocycles. The highest BCUT2D eigenvalue weighted by atomic mass is 19.2. The minimum atomic E-state index is -1.09. The summed E-state index contributed by atoms with van der Waals surface area (Å²) in [5, 5.41) is 2.86. The number of hydrogen-bond donors (Lipinski definition) is 1. The van der Waals surface area contributed by atoms with Crippen LogP contribution < -0.4 is 14.8 Å². The summed E-state index contributed by atoms with van der Waals surface area (Å²) in [6.45, 7) is 12.1. The zero-order valence-corrected chi connectivity index (χ0v) is 32.2. The summed E-state index contributed by atoms with van der Waals surface area (Å²) in [6.07, 6.45) is 0.627. The summed E-state index contributed by atoms with van der Waals surface area (Å²) in [5.74, 6) is -2.58. The van der Waals surface area contributed by atoms with Crippen LogP contribution in [0.2, 0.25) is 0 Å². The molecule has 1 N–H and O–H groups in total. The molecule has 2 fully saturated rings. The average molecular weight is 775 g/mol. The first kappa shape index (κ1) is 39.9. The number of ether oxygens (including phenoxy) is 4. The molecule has 6 rings (SSSR count). The Kier molecular flexibility index (Phi) is 11.5. The molecule has 0 spiro atoms. The van der Waals surface area contributed by atoms with Gasteiger partial charge in [-0.15, -0.1) is 0 Å². The van der Waals surface area contributed by atoms with E-state index in [9.17, 15) is 27.6 Å². The molecule has 0 unspecified atom stereocenters. The van der Waals surface area contributed by atoms with E-state index in [0.717, 1.165) is 12.1 Å². The summed E-state index contributed by atoms with van der Waals surface area (Å²) in [5.41, 5.74) is 0.818. The molecule has 4 aromatic rings. The molecular formula is C42H45F3N4O7. The van der Waals surface area contributed by atoms with Gasteiger partial charge in [0.15, 0.2) is 11.6 Å². The van der Waals surface area contributed by atoms with Gasteiger partial charge in [0.05, 0.1) is 18.7 Å². The second-order valence-corrected chi connectivity index (χ2v) is 15.8. The highest BCUT2D eigenvalue weighted by Crippen LogP contribution is 2.36. The number of pyridine rings is 1. The first-order valence-electron chi connectivity index (χ1n) is 18.4. The molecule has 3 heterocycles. The standard InChI is InChI=1S/C42H45F3N4O7/c1-41(2,3)55-39(51)48-17-15-30(23-48)53-36-14-12-29(21-32(36)25-7-10-28(43)11-8-25)47-37(50)27-19-33(26-9-13-34(44)35(45)20-26)38(46-22-27)54-31-16-18-49(24-31)40(52)56-42(4,5)6/h7-14,19-22,30-31H,15-18,23-24H2,1-6H3,(H,47,50)/t30-,31-/m0/s1. The number of benzene rings is 3. The predicted octanol–water partition coefficient (Wildman–Crippen LogP) is 8.86. The number of nitrogens with one attached hydrogen (secondary N) is 1. The maximum Gasteiger partial charge on any atom is 0.410 e. The fraction of sp³-hybridized carbons (Fsp3) is 0.381. The Morgan fingerprint density at radius 1 is 0.696 bits per heavy atom. The summed E-state index contributed by atoms with van der Waals surface area (Å²) in [7, 11) is 0. The Hall–Kier alpha value is -5.79. The normalized spacial score (nSPS) is 17.1. The first-order valence-corrected chi connectivity index (χ1v) is 18.4. The van der Waals surface area contributed by atoms with Crippen LogP contribution in [0.5, 0.6) is 11.6 Å². The minimum absolute atomic E-state index is 0.0702. The zero-order chi connectivity index (χ0) is 40.4. The maximum atomic E-state index is 14.5. The van der Waals surface area contributed by atoms with E-state index >= 15 is 0 Å². The van der Waals surface area contributed by atoms with Gasteiger partial charge in [-0.05, 0) is 101 Å². The lowest BCUT2D eigenvalue weighted by atomic mass is 10.0. The van der Waals surface area contributed by atoms with E-state index in [2.05, 4.69) is 10.3 Å². The van der Waals surface area contributed by atoms with Crippen LogP contribution in [-0.4, -0.2) is 82.5 Å². The Morgan fingerprint density at radius 3 is 1.88 bits per heavy atom. The average Bonchev–Trinajstić information content (AvgIpc) is 3.80. The van der Waals surface area contributed by atoms with Crippen molar-refractivity contribution >= 4 is 23.8 Å². The second-order valence-electron chi connectivity index (χ2n) is 15.8. The van der Waals surface area contributed by atoms with Crippen molar-refractivity contribution in [3.63, 3.8) is 0 Å². The highest BCUT2D eigenvalue weighted by molar-refractivity contribution is 6.05. The Balaban J connectivity index is 1.23. The third-order valence-corrected chi connectivity index (χ3v) is 8.90. The minimum Gasteiger partial charge on any atom is -0.488 e. The van der Waals surface area contributed by atoms with Gasteiger partial charge >= 0.3 is 12.2 Å². The fourth-order valence-corrected chi connectivity index (χ4v) is 6.28. The molecule has 0 radical (unpaired) electrons. The van der Waals surface area contributed by atoms with Crippen LogP contribution in [0.15, 0.2) is 72.9 Å². The fourth-order valence-electron chi connectivity index (χ4n) is 6.28. The molecule has 0 bridgehead atoms. The van der Waals surface area contributed by atoms with Gasteiger partial charge in [0.2, 0.25) is 5.88 Å². The van der Waals surface area contributed by atoms with Gasteiger partial charge in [-0.3, -0.25) is 4.79 Å². The number of nitrogens with zero attached hydrogens (tertiary/aromatic N) is 3. The van der Waals surface area contributed by atoms with E-state index in [0.29, 0.717) is 55.0 Å². The quantitative estimate of drug-likeness (QED) is 0.189. The van der Waals surface area contributed by atoms with Crippen molar-refractivity contribution in [3.05, 3.63) is 95.9 Å². The van der Waals surface area contributed by atoms with Gasteiger partial charge in [-0.25, -0.2) is 27.7 Å². The van der Waals surface area contributed by atoms with Crippen LogP contribution in [0.4, 0.5) is 28.4 Å². The van der Waals surface area contributed by atoms with Gasteiger partial charge in [0.1, 0.15) is 35.0 Å². The molecule has 2 aliphatic heterocycles. The molecule has 2 aliphatic rings. The lowest BCUT2D eigenvalue weighted by molar-refractivity contribution is 0.0266. The van der Waals surface area contributed by atoms with Crippen molar-refractivity contribution in [1.29, 1.82) is 0 Å². The predicted molar refractivity (Wildman–Crippen MR) is 203 cm³/mol. The molecule has 1 aromatic heterocycles. The highest BCUT2D eigenvalue weighted by Gasteiger charge is 2.33. The molecule has 0 aliphatic carbocycles. The van der Waals surface area contributed by atoms with Gasteiger partial charge in [-0.2, -0.15) is 0 Å². The summed E-state index contributed by atoms with van der Waals surface area (Å²) >= 11 is 0. The number of carbonyl (C=O) groups is 3. The second kappa shape index (κ2) is 16.1. The number of carbonyl (C=O) groups excluding carboxylic acids is 3. The van der Waals surface area contributed by atoms with E-state index in [-0.39, 0.29) is 35.2 Å². The number of likely N-dealkylation sites (tertiary alicyclic amines) is 2. The molecule has 2 atom stereocenters. The smallest absolute Gasteiger partial charge is 0.410 e. The van der Waals surface area contributed by atoms with Gasteiger partial charge < -0.3 is 34.1 Å². The third kappa shape index (κ3) is 10.1. The molecule has 11 nitrogen and oxygen atoms in total. The molecule has 3 aromatic carbocycles. The summed E-state index contributed by atoms with van der Waals surface area (Å²) < 4.78 is 65.9. The number of hydrogen-bond acceptors (Lipinski definition) is 8. The molecule has 3 amide bonds. The van der Waals surface area contributed by atoms with Crippen molar-refractivity contribution in [1.82, 2.24) is 14.8 Å². The van der Waals surface area contributed by atoms with Crippen molar-refractivity contribution < 1.29 is 46.5 Å². The SMILES string of the molecule is CC(C)(C)OC(=O)N1CC[C@H](Oc2ccc(NC(=O)c3cnc(O[C@H]4CCN(C(=O)OC(C)(C)C)C4)c(-c4ccc(F)c(F)c4)c3)cc2-c2ccc(F)cc2)C1. The molecule has 2 saturated heterocycles. The van der Waals surface area contributed by atoms with E-state index in [1.54, 1.807) is 76.8 Å². The van der Waals surface area contributed by atoms with Crippen LogP contribution in [0.25, 0.3) is 22.3 Å². The van der Waals surface area contributed by atoms with E-state index in [1.807, 2.05) is 0 Å². The number of aromatic nitrogens is 1. The zero-order valence-electron chi connectivity index (χ0n) is 32.2. The van der Waals surface area contributed by atoms with Crippen LogP contribution >= 0.6 is 0 Å². The third-order valence-electron chi connectivity index (χ3n) is 8.90. The monoisotopic (exact) mass is 774 g/mol. The lowest BCUT2D eigenvalue weighted by Gasteiger charge is -2.24. The van der Waals surface area contributed by atoms with Gasteiger partial charge in [0.25, 0.3) is 5.91 Å². The van der Waals surface area contributed by atoms with Crippen molar-refractivity contribution in [2.45, 2.75) is 77.8 Å². The van der Waals surface area contributed by atoms with Crippen molar-refractivity contribution in [2.24, 2.45) is 0 Å². The number of rotatable bonds is 8. The van der Waals surface area contributed by atoms with E-state index in [4.69, 9.17) is 18.9 Å². The van der Waals surface area contributed by atoms with E-state index in [1.165, 1.54) is 35.4 Å². The van der Waals surface area contributed by atoms with Gasteiger partial charge in [-0.1, -0.05) is 18.2 Å².